The van der Waals surface area contributed by atoms with Crippen molar-refractivity contribution in [2.24, 2.45) is 0 Å². The molecule has 4 nitrogen and oxygen atoms in total. The first-order chi connectivity index (χ1) is 14.7. The van der Waals surface area contributed by atoms with Crippen LogP contribution in [0.15, 0.2) is 77.3 Å². The van der Waals surface area contributed by atoms with E-state index in [1.807, 2.05) is 6.07 Å². The van der Waals surface area contributed by atoms with Crippen LogP contribution in [0.3, 0.4) is 0 Å². The zero-order valence-corrected chi connectivity index (χ0v) is 19.0. The lowest BCUT2D eigenvalue weighted by Crippen LogP contribution is -2.31. The van der Waals surface area contributed by atoms with Crippen LogP contribution in [0.1, 0.15) is 22.9 Å². The third-order valence-corrected chi connectivity index (χ3v) is 6.23. The van der Waals surface area contributed by atoms with Crippen molar-refractivity contribution in [2.45, 2.75) is 19.3 Å². The molecule has 1 aliphatic rings. The minimum atomic E-state index is 0.113. The molecule has 0 aliphatic carbocycles. The number of methoxy groups -OCH3 is 2. The lowest BCUT2D eigenvalue weighted by atomic mass is 10.1. The minimum absolute atomic E-state index is 0.113. The molecule has 0 radical (unpaired) electrons. The first-order valence-electron chi connectivity index (χ1n) is 10.2. The van der Waals surface area contributed by atoms with Crippen molar-refractivity contribution in [1.29, 1.82) is 0 Å². The molecule has 0 unspecified atom stereocenters. The molecule has 0 N–H and O–H groups in total. The molecule has 1 aliphatic heterocycles. The molecule has 0 atom stereocenters. The van der Waals surface area contributed by atoms with E-state index in [2.05, 4.69) is 92.5 Å². The Kier molecular flexibility index (Phi) is 6.72. The van der Waals surface area contributed by atoms with E-state index in [0.29, 0.717) is 0 Å². The standard InChI is InChI=1S/C25H27BrN2O2/c1-29-23-16-24(30-2)22(26)15-21(23)25-27(17-19-9-5-3-6-10-19)13-14-28(25)18-20-11-7-4-8-12-20/h3-12,15-16,25H,13-14,17-18H2,1-2H3. The second-order valence-electron chi connectivity index (χ2n) is 7.51. The van der Waals surface area contributed by atoms with Gasteiger partial charge in [0.2, 0.25) is 0 Å². The summed E-state index contributed by atoms with van der Waals surface area (Å²) in [6, 6.07) is 25.4. The zero-order valence-electron chi connectivity index (χ0n) is 17.4. The normalized spacial score (nSPS) is 15.4. The molecule has 0 aromatic heterocycles. The average molecular weight is 467 g/mol. The predicted molar refractivity (Wildman–Crippen MR) is 124 cm³/mol. The van der Waals surface area contributed by atoms with Crippen LogP contribution < -0.4 is 9.47 Å². The SMILES string of the molecule is COc1cc(OC)c(C2N(Cc3ccccc3)CCN2Cc2ccccc2)cc1Br. The molecule has 0 saturated carbocycles. The summed E-state index contributed by atoms with van der Waals surface area (Å²) in [7, 11) is 3.41. The Morgan fingerprint density at radius 3 is 1.73 bits per heavy atom. The molecule has 156 valence electrons. The van der Waals surface area contributed by atoms with E-state index >= 15 is 0 Å². The summed E-state index contributed by atoms with van der Waals surface area (Å²) < 4.78 is 12.2. The number of ether oxygens (including phenoxy) is 2. The Hall–Kier alpha value is -2.34. The molecular weight excluding hydrogens is 440 g/mol. The molecular formula is C25H27BrN2O2. The number of nitrogens with zero attached hydrogens (tertiary/aromatic N) is 2. The van der Waals surface area contributed by atoms with Crippen molar-refractivity contribution in [3.05, 3.63) is 94.0 Å². The molecule has 0 spiro atoms. The summed E-state index contributed by atoms with van der Waals surface area (Å²) >= 11 is 3.67. The maximum Gasteiger partial charge on any atom is 0.136 e. The van der Waals surface area contributed by atoms with Gasteiger partial charge in [0.25, 0.3) is 0 Å². The highest BCUT2D eigenvalue weighted by Crippen LogP contribution is 2.42. The van der Waals surface area contributed by atoms with Crippen LogP contribution in [0.5, 0.6) is 11.5 Å². The highest BCUT2D eigenvalue weighted by atomic mass is 79.9. The van der Waals surface area contributed by atoms with Gasteiger partial charge in [0.05, 0.1) is 24.9 Å². The monoisotopic (exact) mass is 466 g/mol. The molecule has 1 fully saturated rings. The summed E-state index contributed by atoms with van der Waals surface area (Å²) in [6.45, 7) is 3.78. The van der Waals surface area contributed by atoms with Gasteiger partial charge in [0.15, 0.2) is 0 Å². The molecule has 1 saturated heterocycles. The number of hydrogen-bond acceptors (Lipinski definition) is 4. The molecule has 3 aromatic carbocycles. The van der Waals surface area contributed by atoms with Crippen molar-refractivity contribution >= 4 is 15.9 Å². The van der Waals surface area contributed by atoms with E-state index < -0.39 is 0 Å². The molecule has 0 bridgehead atoms. The summed E-state index contributed by atoms with van der Waals surface area (Å²) in [5, 5.41) is 0. The summed E-state index contributed by atoms with van der Waals surface area (Å²) in [6.07, 6.45) is 0.113. The van der Waals surface area contributed by atoms with E-state index in [0.717, 1.165) is 47.7 Å². The summed E-state index contributed by atoms with van der Waals surface area (Å²) in [5.41, 5.74) is 3.78. The van der Waals surface area contributed by atoms with E-state index in [4.69, 9.17) is 9.47 Å². The fourth-order valence-corrected chi connectivity index (χ4v) is 4.70. The number of benzene rings is 3. The number of halogens is 1. The van der Waals surface area contributed by atoms with Gasteiger partial charge in [-0.3, -0.25) is 9.80 Å². The van der Waals surface area contributed by atoms with Crippen molar-refractivity contribution in [2.75, 3.05) is 27.3 Å². The van der Waals surface area contributed by atoms with Crippen LogP contribution in [0.4, 0.5) is 0 Å². The van der Waals surface area contributed by atoms with Gasteiger partial charge in [-0.05, 0) is 33.1 Å². The summed E-state index contributed by atoms with van der Waals surface area (Å²) in [5.74, 6) is 1.62. The second-order valence-corrected chi connectivity index (χ2v) is 8.37. The van der Waals surface area contributed by atoms with Crippen LogP contribution in [0.25, 0.3) is 0 Å². The van der Waals surface area contributed by atoms with Gasteiger partial charge in [0.1, 0.15) is 11.5 Å². The maximum atomic E-state index is 5.80. The Morgan fingerprint density at radius 1 is 0.767 bits per heavy atom. The van der Waals surface area contributed by atoms with Gasteiger partial charge in [-0.2, -0.15) is 0 Å². The Morgan fingerprint density at radius 2 is 1.27 bits per heavy atom. The topological polar surface area (TPSA) is 24.9 Å². The Labute approximate surface area is 187 Å². The molecule has 1 heterocycles. The van der Waals surface area contributed by atoms with Gasteiger partial charge in [-0.1, -0.05) is 60.7 Å². The lowest BCUT2D eigenvalue weighted by molar-refractivity contribution is 0.122. The molecule has 5 heteroatoms. The van der Waals surface area contributed by atoms with Crippen LogP contribution in [-0.2, 0) is 13.1 Å². The smallest absolute Gasteiger partial charge is 0.136 e. The van der Waals surface area contributed by atoms with E-state index in [9.17, 15) is 0 Å². The van der Waals surface area contributed by atoms with Crippen LogP contribution in [-0.4, -0.2) is 37.1 Å². The lowest BCUT2D eigenvalue weighted by Gasteiger charge is -2.32. The third-order valence-electron chi connectivity index (χ3n) is 5.61. The van der Waals surface area contributed by atoms with Crippen molar-refractivity contribution < 1.29 is 9.47 Å². The molecule has 4 rings (SSSR count). The first-order valence-corrected chi connectivity index (χ1v) is 11.0. The van der Waals surface area contributed by atoms with E-state index in [1.54, 1.807) is 14.2 Å². The van der Waals surface area contributed by atoms with Gasteiger partial charge in [-0.25, -0.2) is 0 Å². The second kappa shape index (κ2) is 9.65. The van der Waals surface area contributed by atoms with Crippen molar-refractivity contribution in [1.82, 2.24) is 9.80 Å². The minimum Gasteiger partial charge on any atom is -0.496 e. The predicted octanol–water partition coefficient (Wildman–Crippen LogP) is 5.48. The fourth-order valence-electron chi connectivity index (χ4n) is 4.18. The van der Waals surface area contributed by atoms with E-state index in [-0.39, 0.29) is 6.17 Å². The van der Waals surface area contributed by atoms with Crippen LogP contribution >= 0.6 is 15.9 Å². The Balaban J connectivity index is 1.71. The van der Waals surface area contributed by atoms with Crippen molar-refractivity contribution in [3.63, 3.8) is 0 Å². The van der Waals surface area contributed by atoms with Gasteiger partial charge >= 0.3 is 0 Å². The average Bonchev–Trinajstić information content (AvgIpc) is 3.16. The summed E-state index contributed by atoms with van der Waals surface area (Å²) in [4.78, 5) is 5.05. The largest absolute Gasteiger partial charge is 0.496 e. The quantitative estimate of drug-likeness (QED) is 0.459. The van der Waals surface area contributed by atoms with Gasteiger partial charge in [0, 0.05) is 37.8 Å². The molecule has 30 heavy (non-hydrogen) atoms. The third kappa shape index (κ3) is 4.53. The zero-order chi connectivity index (χ0) is 20.9. The van der Waals surface area contributed by atoms with Gasteiger partial charge < -0.3 is 9.47 Å². The molecule has 0 amide bonds. The molecule has 3 aromatic rings. The van der Waals surface area contributed by atoms with Gasteiger partial charge in [-0.15, -0.1) is 0 Å². The van der Waals surface area contributed by atoms with Crippen molar-refractivity contribution in [3.8, 4) is 11.5 Å². The Bertz CT molecular complexity index is 916. The first kappa shape index (κ1) is 20.9. The van der Waals surface area contributed by atoms with Crippen LogP contribution in [0, 0.1) is 0 Å². The van der Waals surface area contributed by atoms with E-state index in [1.165, 1.54) is 11.1 Å². The number of rotatable bonds is 7. The number of hydrogen-bond donors (Lipinski definition) is 0. The highest BCUT2D eigenvalue weighted by molar-refractivity contribution is 9.10. The fraction of sp³-hybridized carbons (Fsp3) is 0.280. The highest BCUT2D eigenvalue weighted by Gasteiger charge is 2.35. The maximum absolute atomic E-state index is 5.80. The van der Waals surface area contributed by atoms with Crippen LogP contribution in [0.2, 0.25) is 0 Å².